The Labute approximate surface area is 151 Å². The smallest absolute Gasteiger partial charge is 0.252 e. The van der Waals surface area contributed by atoms with Crippen LogP contribution in [-0.4, -0.2) is 21.6 Å². The molecule has 6 heteroatoms. The third-order valence-corrected chi connectivity index (χ3v) is 4.06. The van der Waals surface area contributed by atoms with E-state index in [-0.39, 0.29) is 18.5 Å². The Hall–Kier alpha value is -3.41. The summed E-state index contributed by atoms with van der Waals surface area (Å²) < 4.78 is 1.44. The van der Waals surface area contributed by atoms with Gasteiger partial charge in [-0.25, -0.2) is 0 Å². The van der Waals surface area contributed by atoms with Gasteiger partial charge in [-0.1, -0.05) is 60.7 Å². The van der Waals surface area contributed by atoms with Crippen LogP contribution in [0.15, 0.2) is 66.9 Å². The quantitative estimate of drug-likeness (QED) is 0.717. The second kappa shape index (κ2) is 7.65. The molecule has 3 aromatic rings. The van der Waals surface area contributed by atoms with E-state index in [1.807, 2.05) is 67.6 Å². The molecule has 0 unspecified atom stereocenters. The van der Waals surface area contributed by atoms with Gasteiger partial charge in [0.25, 0.3) is 5.91 Å². The van der Waals surface area contributed by atoms with Gasteiger partial charge in [0.15, 0.2) is 0 Å². The van der Waals surface area contributed by atoms with E-state index < -0.39 is 5.91 Å². The predicted molar refractivity (Wildman–Crippen MR) is 99.2 cm³/mol. The van der Waals surface area contributed by atoms with E-state index >= 15 is 0 Å². The van der Waals surface area contributed by atoms with Crippen LogP contribution >= 0.6 is 0 Å². The molecule has 0 aliphatic rings. The number of nitrogens with zero attached hydrogens (tertiary/aromatic N) is 2. The van der Waals surface area contributed by atoms with Crippen LogP contribution < -0.4 is 11.1 Å². The van der Waals surface area contributed by atoms with Crippen molar-refractivity contribution < 1.29 is 9.59 Å². The highest BCUT2D eigenvalue weighted by Crippen LogP contribution is 2.21. The largest absolute Gasteiger partial charge is 0.365 e. The van der Waals surface area contributed by atoms with Crippen LogP contribution in [0.4, 0.5) is 0 Å². The van der Waals surface area contributed by atoms with Crippen molar-refractivity contribution in [3.8, 4) is 11.3 Å². The van der Waals surface area contributed by atoms with Gasteiger partial charge >= 0.3 is 0 Å². The molecular weight excluding hydrogens is 328 g/mol. The normalized spacial score (nSPS) is 11.7. The average molecular weight is 348 g/mol. The molecule has 1 heterocycles. The van der Waals surface area contributed by atoms with E-state index in [0.717, 1.165) is 11.1 Å². The molecule has 0 radical (unpaired) electrons. The van der Waals surface area contributed by atoms with Crippen molar-refractivity contribution >= 4 is 11.8 Å². The molecule has 0 saturated heterocycles. The summed E-state index contributed by atoms with van der Waals surface area (Å²) in [7, 11) is 0. The second-order valence-electron chi connectivity index (χ2n) is 6.02. The summed E-state index contributed by atoms with van der Waals surface area (Å²) in [5.74, 6) is -0.771. The number of rotatable bonds is 6. The molecule has 0 aliphatic heterocycles. The van der Waals surface area contributed by atoms with Gasteiger partial charge in [0.1, 0.15) is 12.2 Å². The maximum absolute atomic E-state index is 12.3. The molecule has 0 saturated carbocycles. The number of benzene rings is 2. The molecule has 3 N–H and O–H groups in total. The van der Waals surface area contributed by atoms with Crippen LogP contribution in [0.3, 0.4) is 0 Å². The minimum absolute atomic E-state index is 0.00425. The summed E-state index contributed by atoms with van der Waals surface area (Å²) in [5, 5.41) is 7.30. The highest BCUT2D eigenvalue weighted by molar-refractivity contribution is 5.98. The lowest BCUT2D eigenvalue weighted by Gasteiger charge is -2.14. The zero-order chi connectivity index (χ0) is 18.5. The molecule has 132 valence electrons. The van der Waals surface area contributed by atoms with Gasteiger partial charge < -0.3 is 11.1 Å². The van der Waals surface area contributed by atoms with Crippen molar-refractivity contribution in [3.05, 3.63) is 78.0 Å². The predicted octanol–water partition coefficient (Wildman–Crippen LogP) is 2.53. The highest BCUT2D eigenvalue weighted by atomic mass is 16.2. The Morgan fingerprint density at radius 3 is 2.31 bits per heavy atom. The highest BCUT2D eigenvalue weighted by Gasteiger charge is 2.17. The van der Waals surface area contributed by atoms with Gasteiger partial charge in [-0.3, -0.25) is 14.3 Å². The van der Waals surface area contributed by atoms with E-state index in [0.29, 0.717) is 11.3 Å². The first-order valence-corrected chi connectivity index (χ1v) is 8.31. The van der Waals surface area contributed by atoms with Crippen molar-refractivity contribution in [2.75, 3.05) is 0 Å². The Morgan fingerprint density at radius 1 is 1.08 bits per heavy atom. The standard InChI is InChI=1S/C20H20N4O2/c1-14(15-8-4-2-5-9-15)22-18(25)13-24-12-17(20(21)26)19(23-24)16-10-6-3-7-11-16/h2-12,14H,13H2,1H3,(H2,21,26)(H,22,25)/t14-/m0/s1. The molecule has 26 heavy (non-hydrogen) atoms. The Bertz CT molecular complexity index is 904. The molecule has 0 fully saturated rings. The molecule has 0 spiro atoms. The number of aromatic nitrogens is 2. The number of primary amides is 1. The molecule has 0 bridgehead atoms. The molecule has 0 aliphatic carbocycles. The van der Waals surface area contributed by atoms with Crippen molar-refractivity contribution in [1.29, 1.82) is 0 Å². The number of hydrogen-bond acceptors (Lipinski definition) is 3. The summed E-state index contributed by atoms with van der Waals surface area (Å²) in [6.07, 6.45) is 1.51. The lowest BCUT2D eigenvalue weighted by atomic mass is 10.1. The van der Waals surface area contributed by atoms with Crippen molar-refractivity contribution in [3.63, 3.8) is 0 Å². The third kappa shape index (κ3) is 3.97. The van der Waals surface area contributed by atoms with E-state index in [1.165, 1.54) is 10.9 Å². The monoisotopic (exact) mass is 348 g/mol. The lowest BCUT2D eigenvalue weighted by Crippen LogP contribution is -2.30. The van der Waals surface area contributed by atoms with E-state index in [2.05, 4.69) is 10.4 Å². The average Bonchev–Trinajstić information content (AvgIpc) is 3.07. The number of nitrogens with two attached hydrogens (primary N) is 1. The number of carbonyl (C=O) groups excluding carboxylic acids is 2. The van der Waals surface area contributed by atoms with Gasteiger partial charge in [0.05, 0.1) is 11.6 Å². The molecule has 2 aromatic carbocycles. The first-order chi connectivity index (χ1) is 12.5. The number of amides is 2. The van der Waals surface area contributed by atoms with Crippen molar-refractivity contribution in [2.24, 2.45) is 5.73 Å². The van der Waals surface area contributed by atoms with Crippen LogP contribution in [0.2, 0.25) is 0 Å². The van der Waals surface area contributed by atoms with Gasteiger partial charge in [-0.05, 0) is 12.5 Å². The van der Waals surface area contributed by atoms with E-state index in [1.54, 1.807) is 0 Å². The summed E-state index contributed by atoms with van der Waals surface area (Å²) in [6, 6.07) is 18.8. The first kappa shape index (κ1) is 17.4. The van der Waals surface area contributed by atoms with Crippen LogP contribution in [0.1, 0.15) is 28.9 Å². The maximum Gasteiger partial charge on any atom is 0.252 e. The fraction of sp³-hybridized carbons (Fsp3) is 0.150. The molecule has 3 rings (SSSR count). The summed E-state index contributed by atoms with van der Waals surface area (Å²) in [5.41, 5.74) is 8.02. The fourth-order valence-electron chi connectivity index (χ4n) is 2.75. The second-order valence-corrected chi connectivity index (χ2v) is 6.02. The Kier molecular flexibility index (Phi) is 5.12. The van der Waals surface area contributed by atoms with Gasteiger partial charge in [-0.15, -0.1) is 0 Å². The zero-order valence-electron chi connectivity index (χ0n) is 14.4. The van der Waals surface area contributed by atoms with Crippen LogP contribution in [0, 0.1) is 0 Å². The molecule has 2 amide bonds. The maximum atomic E-state index is 12.3. The van der Waals surface area contributed by atoms with E-state index in [9.17, 15) is 9.59 Å². The van der Waals surface area contributed by atoms with Crippen molar-refractivity contribution in [2.45, 2.75) is 19.5 Å². The summed E-state index contributed by atoms with van der Waals surface area (Å²) >= 11 is 0. The van der Waals surface area contributed by atoms with Crippen LogP contribution in [-0.2, 0) is 11.3 Å². The summed E-state index contributed by atoms with van der Waals surface area (Å²) in [6.45, 7) is 1.92. The SMILES string of the molecule is C[C@H](NC(=O)Cn1cc(C(N)=O)c(-c2ccccc2)n1)c1ccccc1. The fourth-order valence-corrected chi connectivity index (χ4v) is 2.75. The van der Waals surface area contributed by atoms with Crippen molar-refractivity contribution in [1.82, 2.24) is 15.1 Å². The van der Waals surface area contributed by atoms with Gasteiger partial charge in [-0.2, -0.15) is 5.10 Å². The van der Waals surface area contributed by atoms with Crippen LogP contribution in [0.5, 0.6) is 0 Å². The molecule has 1 aromatic heterocycles. The Morgan fingerprint density at radius 2 is 1.69 bits per heavy atom. The minimum Gasteiger partial charge on any atom is -0.365 e. The minimum atomic E-state index is -0.576. The number of hydrogen-bond donors (Lipinski definition) is 2. The number of carbonyl (C=O) groups is 2. The van der Waals surface area contributed by atoms with E-state index in [4.69, 9.17) is 5.73 Å². The molecular formula is C20H20N4O2. The Balaban J connectivity index is 1.76. The first-order valence-electron chi connectivity index (χ1n) is 8.31. The third-order valence-electron chi connectivity index (χ3n) is 4.06. The van der Waals surface area contributed by atoms with Gasteiger partial charge in [0, 0.05) is 11.8 Å². The van der Waals surface area contributed by atoms with Crippen LogP contribution in [0.25, 0.3) is 11.3 Å². The number of nitrogens with one attached hydrogen (secondary N) is 1. The zero-order valence-corrected chi connectivity index (χ0v) is 14.4. The lowest BCUT2D eigenvalue weighted by molar-refractivity contribution is -0.122. The van der Waals surface area contributed by atoms with Gasteiger partial charge in [0.2, 0.25) is 5.91 Å². The topological polar surface area (TPSA) is 90.0 Å². The molecule has 6 nitrogen and oxygen atoms in total. The molecule has 1 atom stereocenters. The summed E-state index contributed by atoms with van der Waals surface area (Å²) in [4.78, 5) is 24.1.